The van der Waals surface area contributed by atoms with Crippen LogP contribution in [-0.2, 0) is 16.0 Å². The summed E-state index contributed by atoms with van der Waals surface area (Å²) < 4.78 is 33.3. The number of carbonyl (C=O) groups excluding carboxylic acids is 1. The van der Waals surface area contributed by atoms with Crippen LogP contribution < -0.4 is 4.74 Å². The van der Waals surface area contributed by atoms with Crippen LogP contribution in [0.15, 0.2) is 24.3 Å². The zero-order chi connectivity index (χ0) is 12.7. The van der Waals surface area contributed by atoms with Crippen molar-refractivity contribution in [3.63, 3.8) is 0 Å². The van der Waals surface area contributed by atoms with Gasteiger partial charge in [-0.2, -0.15) is 8.78 Å². The van der Waals surface area contributed by atoms with Gasteiger partial charge in [0.25, 0.3) is 0 Å². The van der Waals surface area contributed by atoms with Gasteiger partial charge in [0.2, 0.25) is 0 Å². The number of para-hydroxylation sites is 1. The summed E-state index contributed by atoms with van der Waals surface area (Å²) in [7, 11) is 0. The minimum absolute atomic E-state index is 0.104. The Hall–Kier alpha value is -1.65. The topological polar surface area (TPSA) is 35.5 Å². The highest BCUT2D eigenvalue weighted by atomic mass is 19.3. The van der Waals surface area contributed by atoms with Crippen molar-refractivity contribution in [2.75, 3.05) is 6.61 Å². The van der Waals surface area contributed by atoms with Crippen molar-refractivity contribution in [1.82, 2.24) is 0 Å². The molecule has 1 rings (SSSR count). The third kappa shape index (κ3) is 4.80. The fourth-order valence-corrected chi connectivity index (χ4v) is 1.39. The van der Waals surface area contributed by atoms with Gasteiger partial charge in [-0.3, -0.25) is 4.79 Å². The molecule has 0 aliphatic rings. The first-order valence-electron chi connectivity index (χ1n) is 5.31. The molecule has 0 aliphatic heterocycles. The molecular weight excluding hydrogens is 230 g/mol. The van der Waals surface area contributed by atoms with Gasteiger partial charge in [-0.25, -0.2) is 0 Å². The molecule has 0 fully saturated rings. The number of halogens is 2. The third-order valence-electron chi connectivity index (χ3n) is 2.09. The molecule has 3 nitrogen and oxygen atoms in total. The molecule has 1 aromatic carbocycles. The smallest absolute Gasteiger partial charge is 0.387 e. The monoisotopic (exact) mass is 244 g/mol. The molecule has 0 aliphatic carbocycles. The van der Waals surface area contributed by atoms with Gasteiger partial charge in [0, 0.05) is 6.42 Å². The number of aryl methyl sites for hydroxylation is 1. The molecule has 0 radical (unpaired) electrons. The molecular formula is C12H14F2O3. The SMILES string of the molecule is CCOC(=O)CCc1ccccc1OC(F)F. The zero-order valence-electron chi connectivity index (χ0n) is 9.49. The molecule has 0 heterocycles. The number of ether oxygens (including phenoxy) is 2. The summed E-state index contributed by atoms with van der Waals surface area (Å²) in [6.07, 6.45) is 0.471. The molecule has 1 aromatic rings. The van der Waals surface area contributed by atoms with Gasteiger partial charge in [-0.05, 0) is 25.0 Å². The zero-order valence-corrected chi connectivity index (χ0v) is 9.49. The molecule has 0 N–H and O–H groups in total. The van der Waals surface area contributed by atoms with E-state index >= 15 is 0 Å². The van der Waals surface area contributed by atoms with Crippen LogP contribution in [0, 0.1) is 0 Å². The Labute approximate surface area is 98.3 Å². The summed E-state index contributed by atoms with van der Waals surface area (Å²) in [5.74, 6) is -0.244. The summed E-state index contributed by atoms with van der Waals surface area (Å²) in [4.78, 5) is 11.1. The molecule has 0 unspecified atom stereocenters. The normalized spacial score (nSPS) is 10.4. The van der Waals surface area contributed by atoms with Crippen molar-refractivity contribution in [2.45, 2.75) is 26.4 Å². The molecule has 0 aromatic heterocycles. The highest BCUT2D eigenvalue weighted by molar-refractivity contribution is 5.69. The van der Waals surface area contributed by atoms with E-state index in [0.717, 1.165) is 0 Å². The largest absolute Gasteiger partial charge is 0.466 e. The van der Waals surface area contributed by atoms with Crippen LogP contribution in [0.5, 0.6) is 5.75 Å². The number of hydrogen-bond donors (Lipinski definition) is 0. The second-order valence-electron chi connectivity index (χ2n) is 3.29. The van der Waals surface area contributed by atoms with Gasteiger partial charge in [0.05, 0.1) is 6.61 Å². The van der Waals surface area contributed by atoms with Crippen LogP contribution >= 0.6 is 0 Å². The highest BCUT2D eigenvalue weighted by Crippen LogP contribution is 2.21. The van der Waals surface area contributed by atoms with E-state index in [2.05, 4.69) is 4.74 Å². The first kappa shape index (κ1) is 13.4. The van der Waals surface area contributed by atoms with Crippen LogP contribution in [0.2, 0.25) is 0 Å². The Morgan fingerprint density at radius 2 is 2.06 bits per heavy atom. The summed E-state index contributed by atoms with van der Waals surface area (Å²) in [5, 5.41) is 0. The summed E-state index contributed by atoms with van der Waals surface area (Å²) in [5.41, 5.74) is 0.570. The van der Waals surface area contributed by atoms with Crippen molar-refractivity contribution in [3.05, 3.63) is 29.8 Å². The Kier molecular flexibility index (Phi) is 5.39. The predicted molar refractivity (Wildman–Crippen MR) is 58.0 cm³/mol. The van der Waals surface area contributed by atoms with E-state index in [1.807, 2.05) is 0 Å². The van der Waals surface area contributed by atoms with E-state index in [0.29, 0.717) is 18.6 Å². The van der Waals surface area contributed by atoms with Crippen LogP contribution in [0.1, 0.15) is 18.9 Å². The number of benzene rings is 1. The second-order valence-corrected chi connectivity index (χ2v) is 3.29. The summed E-state index contributed by atoms with van der Waals surface area (Å²) in [6.45, 7) is -0.835. The lowest BCUT2D eigenvalue weighted by molar-refractivity contribution is -0.143. The first-order valence-corrected chi connectivity index (χ1v) is 5.31. The fraction of sp³-hybridized carbons (Fsp3) is 0.417. The van der Waals surface area contributed by atoms with Gasteiger partial charge in [0.15, 0.2) is 0 Å². The molecule has 0 bridgehead atoms. The van der Waals surface area contributed by atoms with Crippen LogP contribution in [0.3, 0.4) is 0 Å². The number of rotatable bonds is 6. The maximum Gasteiger partial charge on any atom is 0.387 e. The van der Waals surface area contributed by atoms with E-state index in [-0.39, 0.29) is 18.1 Å². The minimum Gasteiger partial charge on any atom is -0.466 e. The van der Waals surface area contributed by atoms with Crippen molar-refractivity contribution >= 4 is 5.97 Å². The molecule has 0 saturated carbocycles. The summed E-state index contributed by atoms with van der Waals surface area (Å²) >= 11 is 0. The average Bonchev–Trinajstić information content (AvgIpc) is 2.27. The standard InChI is InChI=1S/C12H14F2O3/c1-2-16-11(15)8-7-9-5-3-4-6-10(9)17-12(13)14/h3-6,12H,2,7-8H2,1H3. The van der Waals surface area contributed by atoms with E-state index in [4.69, 9.17) is 4.74 Å². The Bertz CT molecular complexity index is 367. The Balaban J connectivity index is 2.60. The fourth-order valence-electron chi connectivity index (χ4n) is 1.39. The van der Waals surface area contributed by atoms with Crippen LogP contribution in [0.25, 0.3) is 0 Å². The number of esters is 1. The maximum atomic E-state index is 12.1. The van der Waals surface area contributed by atoms with Crippen molar-refractivity contribution in [3.8, 4) is 5.75 Å². The molecule has 17 heavy (non-hydrogen) atoms. The van der Waals surface area contributed by atoms with Gasteiger partial charge in [-0.15, -0.1) is 0 Å². The molecule has 0 atom stereocenters. The van der Waals surface area contributed by atoms with Gasteiger partial charge < -0.3 is 9.47 Å². The lowest BCUT2D eigenvalue weighted by atomic mass is 10.1. The highest BCUT2D eigenvalue weighted by Gasteiger charge is 2.10. The van der Waals surface area contributed by atoms with E-state index < -0.39 is 6.61 Å². The molecule has 0 amide bonds. The predicted octanol–water partition coefficient (Wildman–Crippen LogP) is 2.78. The lowest BCUT2D eigenvalue weighted by Crippen LogP contribution is -2.08. The first-order chi connectivity index (χ1) is 8.13. The molecule has 94 valence electrons. The van der Waals surface area contributed by atoms with Gasteiger partial charge in [0.1, 0.15) is 5.75 Å². The number of hydrogen-bond acceptors (Lipinski definition) is 3. The third-order valence-corrected chi connectivity index (χ3v) is 2.09. The average molecular weight is 244 g/mol. The molecule has 5 heteroatoms. The Morgan fingerprint density at radius 1 is 1.35 bits per heavy atom. The van der Waals surface area contributed by atoms with Crippen molar-refractivity contribution in [2.24, 2.45) is 0 Å². The maximum absolute atomic E-state index is 12.1. The van der Waals surface area contributed by atoms with Crippen molar-refractivity contribution < 1.29 is 23.0 Å². The van der Waals surface area contributed by atoms with Crippen LogP contribution in [0.4, 0.5) is 8.78 Å². The lowest BCUT2D eigenvalue weighted by Gasteiger charge is -2.09. The van der Waals surface area contributed by atoms with Gasteiger partial charge in [-0.1, -0.05) is 18.2 Å². The van der Waals surface area contributed by atoms with E-state index in [1.54, 1.807) is 25.1 Å². The van der Waals surface area contributed by atoms with Crippen molar-refractivity contribution in [1.29, 1.82) is 0 Å². The Morgan fingerprint density at radius 3 is 2.71 bits per heavy atom. The molecule has 0 spiro atoms. The van der Waals surface area contributed by atoms with E-state index in [9.17, 15) is 13.6 Å². The second kappa shape index (κ2) is 6.83. The summed E-state index contributed by atoms with van der Waals surface area (Å²) in [6, 6.07) is 6.41. The van der Waals surface area contributed by atoms with E-state index in [1.165, 1.54) is 6.07 Å². The molecule has 0 saturated heterocycles. The van der Waals surface area contributed by atoms with Gasteiger partial charge >= 0.3 is 12.6 Å². The quantitative estimate of drug-likeness (QED) is 0.722. The minimum atomic E-state index is -2.86. The number of carbonyl (C=O) groups is 1. The number of alkyl halides is 2. The van der Waals surface area contributed by atoms with Crippen LogP contribution in [-0.4, -0.2) is 19.2 Å².